The molecule has 1 aliphatic rings. The first-order valence-corrected chi connectivity index (χ1v) is 5.88. The molecule has 1 N–H and O–H groups in total. The number of phenols is 1. The highest BCUT2D eigenvalue weighted by Gasteiger charge is 2.21. The van der Waals surface area contributed by atoms with Gasteiger partial charge in [-0.15, -0.1) is 6.58 Å². The predicted molar refractivity (Wildman–Crippen MR) is 65.2 cm³/mol. The lowest BCUT2D eigenvalue weighted by Gasteiger charge is -2.14. The zero-order valence-electron chi connectivity index (χ0n) is 9.75. The van der Waals surface area contributed by atoms with Gasteiger partial charge in [0.05, 0.1) is 6.61 Å². The summed E-state index contributed by atoms with van der Waals surface area (Å²) in [5.41, 5.74) is 3.29. The van der Waals surface area contributed by atoms with E-state index < -0.39 is 0 Å². The van der Waals surface area contributed by atoms with E-state index in [4.69, 9.17) is 4.74 Å². The van der Waals surface area contributed by atoms with Crippen LogP contribution in [0.3, 0.4) is 0 Å². The van der Waals surface area contributed by atoms with Crippen LogP contribution in [0.25, 0.3) is 0 Å². The van der Waals surface area contributed by atoms with E-state index >= 15 is 0 Å². The molecule has 0 saturated heterocycles. The molecule has 2 rings (SSSR count). The Kier molecular flexibility index (Phi) is 3.18. The van der Waals surface area contributed by atoms with Gasteiger partial charge in [-0.2, -0.15) is 0 Å². The maximum absolute atomic E-state index is 10.0. The molecule has 1 aromatic carbocycles. The Morgan fingerprint density at radius 2 is 2.31 bits per heavy atom. The molecule has 0 aliphatic carbocycles. The quantitative estimate of drug-likeness (QED) is 0.787. The van der Waals surface area contributed by atoms with Crippen molar-refractivity contribution in [2.45, 2.75) is 32.6 Å². The summed E-state index contributed by atoms with van der Waals surface area (Å²) in [6, 6.07) is 1.86. The maximum atomic E-state index is 10.0. The summed E-state index contributed by atoms with van der Waals surface area (Å²) in [4.78, 5) is 0. The molecule has 1 heterocycles. The molecule has 2 nitrogen and oxygen atoms in total. The molecular weight excluding hydrogens is 200 g/mol. The number of aromatic hydroxyl groups is 1. The number of phenolic OH excluding ortho intramolecular Hbond substituents is 1. The van der Waals surface area contributed by atoms with Crippen molar-refractivity contribution in [3.05, 3.63) is 35.4 Å². The van der Waals surface area contributed by atoms with E-state index in [1.807, 2.05) is 12.1 Å². The molecule has 0 spiro atoms. The van der Waals surface area contributed by atoms with Gasteiger partial charge >= 0.3 is 0 Å². The monoisotopic (exact) mass is 218 g/mol. The molecule has 0 aromatic heterocycles. The molecule has 0 unspecified atom stereocenters. The standard InChI is InChI=1S/C14H18O2/c1-3-5-11-12(6-4-2)14-10(7-8-16-14)9-13(11)15/h4,9,15H,2-3,5-8H2,1H3. The highest BCUT2D eigenvalue weighted by atomic mass is 16.5. The van der Waals surface area contributed by atoms with Gasteiger partial charge in [-0.1, -0.05) is 19.4 Å². The number of benzene rings is 1. The number of fused-ring (bicyclic) bond motifs is 1. The average molecular weight is 218 g/mol. The topological polar surface area (TPSA) is 29.5 Å². The first kappa shape index (κ1) is 11.1. The summed E-state index contributed by atoms with van der Waals surface area (Å²) >= 11 is 0. The highest BCUT2D eigenvalue weighted by Crippen LogP contribution is 2.38. The van der Waals surface area contributed by atoms with Crippen molar-refractivity contribution in [3.63, 3.8) is 0 Å². The number of hydrogen-bond donors (Lipinski definition) is 1. The maximum Gasteiger partial charge on any atom is 0.126 e. The summed E-state index contributed by atoms with van der Waals surface area (Å²) < 4.78 is 5.67. The van der Waals surface area contributed by atoms with Crippen molar-refractivity contribution >= 4 is 0 Å². The van der Waals surface area contributed by atoms with Gasteiger partial charge in [0.1, 0.15) is 11.5 Å². The van der Waals surface area contributed by atoms with E-state index in [0.29, 0.717) is 5.75 Å². The van der Waals surface area contributed by atoms with Crippen LogP contribution in [0.15, 0.2) is 18.7 Å². The van der Waals surface area contributed by atoms with E-state index in [2.05, 4.69) is 13.5 Å². The fraction of sp³-hybridized carbons (Fsp3) is 0.429. The Morgan fingerprint density at radius 3 is 3.00 bits per heavy atom. The molecule has 0 radical (unpaired) electrons. The van der Waals surface area contributed by atoms with Crippen LogP contribution < -0.4 is 4.74 Å². The van der Waals surface area contributed by atoms with Crippen molar-refractivity contribution in [1.29, 1.82) is 0 Å². The normalized spacial score (nSPS) is 13.3. The fourth-order valence-corrected chi connectivity index (χ4v) is 2.32. The van der Waals surface area contributed by atoms with E-state index in [-0.39, 0.29) is 0 Å². The Bertz CT molecular complexity index is 408. The molecule has 2 heteroatoms. The summed E-state index contributed by atoms with van der Waals surface area (Å²) in [7, 11) is 0. The lowest BCUT2D eigenvalue weighted by molar-refractivity contribution is 0.353. The number of ether oxygens (including phenoxy) is 1. The molecule has 0 atom stereocenters. The minimum atomic E-state index is 0.419. The molecule has 1 aromatic rings. The van der Waals surface area contributed by atoms with Crippen molar-refractivity contribution in [3.8, 4) is 11.5 Å². The van der Waals surface area contributed by atoms with Gasteiger partial charge < -0.3 is 9.84 Å². The van der Waals surface area contributed by atoms with Gasteiger partial charge in [-0.3, -0.25) is 0 Å². The molecule has 0 amide bonds. The van der Waals surface area contributed by atoms with Crippen LogP contribution in [-0.4, -0.2) is 11.7 Å². The van der Waals surface area contributed by atoms with Gasteiger partial charge in [0.25, 0.3) is 0 Å². The van der Waals surface area contributed by atoms with Gasteiger partial charge in [0.15, 0.2) is 0 Å². The van der Waals surface area contributed by atoms with E-state index in [1.54, 1.807) is 0 Å². The first-order valence-electron chi connectivity index (χ1n) is 5.88. The van der Waals surface area contributed by atoms with Gasteiger partial charge in [0, 0.05) is 23.1 Å². The second-order valence-electron chi connectivity index (χ2n) is 4.18. The van der Waals surface area contributed by atoms with Crippen LogP contribution in [0.5, 0.6) is 11.5 Å². The Morgan fingerprint density at radius 1 is 1.50 bits per heavy atom. The zero-order chi connectivity index (χ0) is 11.5. The number of rotatable bonds is 4. The van der Waals surface area contributed by atoms with Gasteiger partial charge in [0.2, 0.25) is 0 Å². The van der Waals surface area contributed by atoms with E-state index in [0.717, 1.165) is 54.7 Å². The fourth-order valence-electron chi connectivity index (χ4n) is 2.32. The minimum absolute atomic E-state index is 0.419. The largest absolute Gasteiger partial charge is 0.508 e. The molecule has 16 heavy (non-hydrogen) atoms. The molecular formula is C14H18O2. The second kappa shape index (κ2) is 4.60. The van der Waals surface area contributed by atoms with Crippen LogP contribution in [0.1, 0.15) is 30.0 Å². The van der Waals surface area contributed by atoms with Crippen molar-refractivity contribution in [2.24, 2.45) is 0 Å². The Labute approximate surface area is 96.6 Å². The van der Waals surface area contributed by atoms with Crippen LogP contribution in [0, 0.1) is 0 Å². The third-order valence-electron chi connectivity index (χ3n) is 3.02. The number of hydrogen-bond acceptors (Lipinski definition) is 2. The van der Waals surface area contributed by atoms with Crippen LogP contribution in [0.4, 0.5) is 0 Å². The third kappa shape index (κ3) is 1.80. The van der Waals surface area contributed by atoms with Crippen LogP contribution in [0.2, 0.25) is 0 Å². The molecule has 0 fully saturated rings. The summed E-state index contributed by atoms with van der Waals surface area (Å²) in [6.45, 7) is 6.62. The number of allylic oxidation sites excluding steroid dienone is 1. The average Bonchev–Trinajstić information content (AvgIpc) is 2.71. The molecule has 86 valence electrons. The lowest BCUT2D eigenvalue weighted by atomic mass is 9.95. The second-order valence-corrected chi connectivity index (χ2v) is 4.18. The van der Waals surface area contributed by atoms with Gasteiger partial charge in [-0.25, -0.2) is 0 Å². The minimum Gasteiger partial charge on any atom is -0.508 e. The van der Waals surface area contributed by atoms with Gasteiger partial charge in [-0.05, 0) is 18.9 Å². The summed E-state index contributed by atoms with van der Waals surface area (Å²) in [5.74, 6) is 1.41. The zero-order valence-corrected chi connectivity index (χ0v) is 9.75. The highest BCUT2D eigenvalue weighted by molar-refractivity contribution is 5.55. The lowest BCUT2D eigenvalue weighted by Crippen LogP contribution is -1.98. The summed E-state index contributed by atoms with van der Waals surface area (Å²) in [5, 5.41) is 10.0. The van der Waals surface area contributed by atoms with E-state index in [1.165, 1.54) is 0 Å². The SMILES string of the molecule is C=CCc1c(CCC)c(O)cc2c1OCC2. The molecule has 0 bridgehead atoms. The molecule has 0 saturated carbocycles. The van der Waals surface area contributed by atoms with Crippen LogP contribution in [-0.2, 0) is 19.3 Å². The molecule has 1 aliphatic heterocycles. The van der Waals surface area contributed by atoms with Crippen molar-refractivity contribution in [1.82, 2.24) is 0 Å². The summed E-state index contributed by atoms with van der Waals surface area (Å²) in [6.07, 6.45) is 5.46. The smallest absolute Gasteiger partial charge is 0.126 e. The predicted octanol–water partition coefficient (Wildman–Crippen LogP) is 3.01. The third-order valence-corrected chi connectivity index (χ3v) is 3.02. The Balaban J connectivity index is 2.53. The van der Waals surface area contributed by atoms with Crippen molar-refractivity contribution in [2.75, 3.05) is 6.61 Å². The van der Waals surface area contributed by atoms with E-state index in [9.17, 15) is 5.11 Å². The van der Waals surface area contributed by atoms with Crippen LogP contribution >= 0.6 is 0 Å². The Hall–Kier alpha value is -1.44. The van der Waals surface area contributed by atoms with Crippen molar-refractivity contribution < 1.29 is 9.84 Å². The first-order chi connectivity index (χ1) is 7.77.